The standard InChI is InChI=1S/C10H7ClO4/c11-7-3-1-2-5-6(7)4-8(9(12)13)15-10(5)14/h1-3,8H,4H2,(H,12,13). The van der Waals surface area contributed by atoms with E-state index in [1.807, 2.05) is 0 Å². The average molecular weight is 227 g/mol. The fourth-order valence-electron chi connectivity index (χ4n) is 1.51. The molecule has 78 valence electrons. The van der Waals surface area contributed by atoms with Crippen LogP contribution in [0.1, 0.15) is 15.9 Å². The van der Waals surface area contributed by atoms with Crippen molar-refractivity contribution in [3.8, 4) is 0 Å². The summed E-state index contributed by atoms with van der Waals surface area (Å²) in [5.74, 6) is -1.79. The Morgan fingerprint density at radius 1 is 1.53 bits per heavy atom. The molecule has 2 rings (SSSR count). The molecule has 0 aromatic heterocycles. The van der Waals surface area contributed by atoms with Gasteiger partial charge < -0.3 is 9.84 Å². The quantitative estimate of drug-likeness (QED) is 0.738. The second-order valence-corrected chi connectivity index (χ2v) is 3.61. The van der Waals surface area contributed by atoms with Crippen LogP contribution < -0.4 is 0 Å². The van der Waals surface area contributed by atoms with Crippen molar-refractivity contribution in [1.29, 1.82) is 0 Å². The zero-order valence-electron chi connectivity index (χ0n) is 7.57. The smallest absolute Gasteiger partial charge is 0.345 e. The predicted octanol–water partition coefficient (Wildman–Crippen LogP) is 1.51. The summed E-state index contributed by atoms with van der Waals surface area (Å²) in [5, 5.41) is 9.15. The molecular formula is C10H7ClO4. The van der Waals surface area contributed by atoms with Crippen LogP contribution in [0.5, 0.6) is 0 Å². The number of hydrogen-bond acceptors (Lipinski definition) is 3. The molecule has 1 N–H and O–H groups in total. The summed E-state index contributed by atoms with van der Waals surface area (Å²) < 4.78 is 4.73. The van der Waals surface area contributed by atoms with Crippen molar-refractivity contribution in [2.24, 2.45) is 0 Å². The summed E-state index contributed by atoms with van der Waals surface area (Å²) in [6.45, 7) is 0. The van der Waals surface area contributed by atoms with Gasteiger partial charge in [0.25, 0.3) is 0 Å². The van der Waals surface area contributed by atoms with Gasteiger partial charge in [-0.3, -0.25) is 0 Å². The largest absolute Gasteiger partial charge is 0.478 e. The first-order valence-corrected chi connectivity index (χ1v) is 4.68. The van der Waals surface area contributed by atoms with Gasteiger partial charge in [-0.25, -0.2) is 9.59 Å². The molecule has 0 radical (unpaired) electrons. The van der Waals surface area contributed by atoms with E-state index in [-0.39, 0.29) is 6.42 Å². The van der Waals surface area contributed by atoms with Crippen LogP contribution in [0.15, 0.2) is 18.2 Å². The number of carbonyl (C=O) groups is 2. The molecule has 1 unspecified atom stereocenters. The highest BCUT2D eigenvalue weighted by Gasteiger charge is 2.32. The van der Waals surface area contributed by atoms with Gasteiger partial charge in [0.05, 0.1) is 5.56 Å². The van der Waals surface area contributed by atoms with Crippen LogP contribution in [0.4, 0.5) is 0 Å². The minimum atomic E-state index is -1.16. The number of carbonyl (C=O) groups excluding carboxylic acids is 1. The lowest BCUT2D eigenvalue weighted by Crippen LogP contribution is -2.34. The molecule has 1 aromatic carbocycles. The minimum Gasteiger partial charge on any atom is -0.478 e. The minimum absolute atomic E-state index is 0.121. The van der Waals surface area contributed by atoms with Crippen LogP contribution in [0, 0.1) is 0 Å². The third-order valence-electron chi connectivity index (χ3n) is 2.25. The topological polar surface area (TPSA) is 63.6 Å². The molecule has 0 aliphatic carbocycles. The SMILES string of the molecule is O=C1OC(C(=O)O)Cc2c(Cl)cccc21. The first kappa shape index (κ1) is 9.98. The molecule has 1 aliphatic heterocycles. The molecule has 0 amide bonds. The number of benzene rings is 1. The van der Waals surface area contributed by atoms with Gasteiger partial charge in [-0.1, -0.05) is 17.7 Å². The Labute approximate surface area is 90.4 Å². The van der Waals surface area contributed by atoms with Gasteiger partial charge in [-0.05, 0) is 17.7 Å². The number of cyclic esters (lactones) is 1. The van der Waals surface area contributed by atoms with Gasteiger partial charge in [0.15, 0.2) is 0 Å². The Kier molecular flexibility index (Phi) is 2.36. The average Bonchev–Trinajstić information content (AvgIpc) is 2.19. The third-order valence-corrected chi connectivity index (χ3v) is 2.61. The van der Waals surface area contributed by atoms with E-state index in [1.54, 1.807) is 18.2 Å². The van der Waals surface area contributed by atoms with Crippen LogP contribution in [0.2, 0.25) is 5.02 Å². The molecular weight excluding hydrogens is 220 g/mol. The summed E-state index contributed by atoms with van der Waals surface area (Å²) in [6.07, 6.45) is -1.01. The monoisotopic (exact) mass is 226 g/mol. The molecule has 4 nitrogen and oxygen atoms in total. The molecule has 1 aromatic rings. The molecule has 0 spiro atoms. The lowest BCUT2D eigenvalue weighted by molar-refractivity contribution is -0.147. The van der Waals surface area contributed by atoms with E-state index in [0.717, 1.165) is 0 Å². The van der Waals surface area contributed by atoms with Gasteiger partial charge in [0.1, 0.15) is 0 Å². The summed E-state index contributed by atoms with van der Waals surface area (Å²) in [5.41, 5.74) is 0.891. The molecule has 0 saturated carbocycles. The lowest BCUT2D eigenvalue weighted by atomic mass is 9.98. The molecule has 1 heterocycles. The van der Waals surface area contributed by atoms with Gasteiger partial charge in [0.2, 0.25) is 6.10 Å². The second-order valence-electron chi connectivity index (χ2n) is 3.20. The van der Waals surface area contributed by atoms with Crippen molar-refractivity contribution < 1.29 is 19.4 Å². The molecule has 1 atom stereocenters. The molecule has 1 aliphatic rings. The van der Waals surface area contributed by atoms with Crippen molar-refractivity contribution >= 4 is 23.5 Å². The first-order valence-electron chi connectivity index (χ1n) is 4.31. The Bertz CT molecular complexity index is 441. The van der Waals surface area contributed by atoms with Gasteiger partial charge in [-0.2, -0.15) is 0 Å². The highest BCUT2D eigenvalue weighted by Crippen LogP contribution is 2.27. The molecule has 0 bridgehead atoms. The number of ether oxygens (including phenoxy) is 1. The number of hydrogen-bond donors (Lipinski definition) is 1. The second kappa shape index (κ2) is 3.55. The van der Waals surface area contributed by atoms with Crippen LogP contribution in [0.3, 0.4) is 0 Å². The van der Waals surface area contributed by atoms with E-state index >= 15 is 0 Å². The fraction of sp³-hybridized carbons (Fsp3) is 0.200. The van der Waals surface area contributed by atoms with Crippen LogP contribution >= 0.6 is 11.6 Å². The van der Waals surface area contributed by atoms with E-state index < -0.39 is 18.0 Å². The Balaban J connectivity index is 2.46. The number of aliphatic carboxylic acids is 1. The number of carboxylic acid groups (broad SMARTS) is 1. The van der Waals surface area contributed by atoms with E-state index in [2.05, 4.69) is 0 Å². The summed E-state index contributed by atoms with van der Waals surface area (Å²) in [4.78, 5) is 22.1. The summed E-state index contributed by atoms with van der Waals surface area (Å²) in [7, 11) is 0. The van der Waals surface area contributed by atoms with Crippen molar-refractivity contribution in [3.63, 3.8) is 0 Å². The highest BCUT2D eigenvalue weighted by atomic mass is 35.5. The van der Waals surface area contributed by atoms with Crippen molar-refractivity contribution in [3.05, 3.63) is 34.3 Å². The predicted molar refractivity (Wildman–Crippen MR) is 52.0 cm³/mol. The van der Waals surface area contributed by atoms with E-state index in [1.165, 1.54) is 0 Å². The summed E-state index contributed by atoms with van der Waals surface area (Å²) >= 11 is 5.88. The zero-order chi connectivity index (χ0) is 11.0. The van der Waals surface area contributed by atoms with Gasteiger partial charge in [0, 0.05) is 11.4 Å². The number of carboxylic acids is 1. The van der Waals surface area contributed by atoms with E-state index in [0.29, 0.717) is 16.1 Å². The fourth-order valence-corrected chi connectivity index (χ4v) is 1.77. The van der Waals surface area contributed by atoms with Crippen molar-refractivity contribution in [1.82, 2.24) is 0 Å². The maximum atomic E-state index is 11.4. The van der Waals surface area contributed by atoms with Crippen LogP contribution in [0.25, 0.3) is 0 Å². The summed E-state index contributed by atoms with van der Waals surface area (Å²) in [6, 6.07) is 4.82. The van der Waals surface area contributed by atoms with E-state index in [4.69, 9.17) is 21.4 Å². The molecule has 0 fully saturated rings. The first-order chi connectivity index (χ1) is 7.09. The Morgan fingerprint density at radius 3 is 2.93 bits per heavy atom. The number of halogens is 1. The lowest BCUT2D eigenvalue weighted by Gasteiger charge is -2.22. The number of fused-ring (bicyclic) bond motifs is 1. The molecule has 15 heavy (non-hydrogen) atoms. The van der Waals surface area contributed by atoms with Crippen LogP contribution in [-0.4, -0.2) is 23.1 Å². The zero-order valence-corrected chi connectivity index (χ0v) is 8.32. The Hall–Kier alpha value is -1.55. The number of rotatable bonds is 1. The maximum absolute atomic E-state index is 11.4. The maximum Gasteiger partial charge on any atom is 0.345 e. The van der Waals surface area contributed by atoms with Crippen molar-refractivity contribution in [2.75, 3.05) is 0 Å². The number of esters is 1. The third kappa shape index (κ3) is 1.68. The van der Waals surface area contributed by atoms with Crippen LogP contribution in [-0.2, 0) is 16.0 Å². The van der Waals surface area contributed by atoms with Gasteiger partial charge in [-0.15, -0.1) is 0 Å². The molecule has 0 saturated heterocycles. The van der Waals surface area contributed by atoms with Gasteiger partial charge >= 0.3 is 11.9 Å². The molecule has 5 heteroatoms. The van der Waals surface area contributed by atoms with Crippen molar-refractivity contribution in [2.45, 2.75) is 12.5 Å². The Morgan fingerprint density at radius 2 is 2.27 bits per heavy atom. The van der Waals surface area contributed by atoms with E-state index in [9.17, 15) is 9.59 Å². The highest BCUT2D eigenvalue weighted by molar-refractivity contribution is 6.32. The normalized spacial score (nSPS) is 19.3.